The minimum absolute atomic E-state index is 0.0915. The van der Waals surface area contributed by atoms with Crippen LogP contribution in [0.4, 0.5) is 0 Å². The fourth-order valence-corrected chi connectivity index (χ4v) is 7.07. The van der Waals surface area contributed by atoms with Crippen LogP contribution in [0.15, 0.2) is 72.9 Å². The highest BCUT2D eigenvalue weighted by Crippen LogP contribution is 2.14. The fraction of sp³-hybridized carbons (Fsp3) is 0.732. The normalized spacial score (nSPS) is 12.6. The summed E-state index contributed by atoms with van der Waals surface area (Å²) in [6.45, 7) is 6.44. The Kier molecular flexibility index (Phi) is 47.9. The number of rotatable bonds is 46. The van der Waals surface area contributed by atoms with Gasteiger partial charge in [0, 0.05) is 19.3 Å². The second-order valence-electron chi connectivity index (χ2n) is 17.1. The minimum Gasteiger partial charge on any atom is -0.462 e. The largest absolute Gasteiger partial charge is 0.462 e. The zero-order chi connectivity index (χ0) is 45.1. The van der Waals surface area contributed by atoms with Crippen LogP contribution in [0.5, 0.6) is 0 Å². The summed E-state index contributed by atoms with van der Waals surface area (Å²) in [5, 5.41) is 0. The molecule has 0 saturated carbocycles. The third-order valence-corrected chi connectivity index (χ3v) is 11.0. The Labute approximate surface area is 382 Å². The van der Waals surface area contributed by atoms with Crippen molar-refractivity contribution in [1.82, 2.24) is 0 Å². The van der Waals surface area contributed by atoms with Crippen LogP contribution in [-0.4, -0.2) is 37.2 Å². The standard InChI is InChI=1S/C56H96O6/c1-4-7-10-13-16-19-22-25-27-29-31-34-37-40-43-46-49-55(58)61-52-53(51-60-54(57)48-45-42-39-36-33-30-24-21-18-15-12-9-6-3)62-56(59)50-47-44-41-38-35-32-28-26-23-20-17-14-11-8-5-2/h9,12,15,17-18,20-21,23-24,26-27,29,53H,4-8,10-11,13-14,16,19,22,25,28,30-52H2,1-3H3/b12-9-,18-15-,20-17-,24-21-,26-23-,29-27-. The summed E-state index contributed by atoms with van der Waals surface area (Å²) in [7, 11) is 0. The van der Waals surface area contributed by atoms with Gasteiger partial charge in [-0.3, -0.25) is 14.4 Å². The molecule has 0 amide bonds. The molecule has 1 unspecified atom stereocenters. The molecule has 6 nitrogen and oxygen atoms in total. The highest BCUT2D eigenvalue weighted by molar-refractivity contribution is 5.71. The summed E-state index contributed by atoms with van der Waals surface area (Å²) in [5.74, 6) is -0.930. The predicted octanol–water partition coefficient (Wildman–Crippen LogP) is 17.0. The molecule has 0 aromatic carbocycles. The number of carbonyl (C=O) groups excluding carboxylic acids is 3. The van der Waals surface area contributed by atoms with Gasteiger partial charge in [0.25, 0.3) is 0 Å². The third-order valence-electron chi connectivity index (χ3n) is 11.0. The lowest BCUT2D eigenvalue weighted by atomic mass is 10.1. The zero-order valence-electron chi connectivity index (χ0n) is 40.6. The van der Waals surface area contributed by atoms with Crippen molar-refractivity contribution in [1.29, 1.82) is 0 Å². The SMILES string of the molecule is CC\C=C/C=C\C=C/CCCCCCCC(=O)OCC(COC(=O)CCCCCCC/C=C\CCCCCCCCC)OC(=O)CCCCCCCC/C=C\C=C/CCCCC. The first-order valence-electron chi connectivity index (χ1n) is 26.0. The Morgan fingerprint density at radius 3 is 1.06 bits per heavy atom. The molecular formula is C56H96O6. The van der Waals surface area contributed by atoms with Crippen molar-refractivity contribution >= 4 is 17.9 Å². The topological polar surface area (TPSA) is 78.9 Å². The molecule has 1 atom stereocenters. The van der Waals surface area contributed by atoms with E-state index in [-0.39, 0.29) is 31.1 Å². The number of carbonyl (C=O) groups is 3. The van der Waals surface area contributed by atoms with Crippen LogP contribution in [0.1, 0.15) is 245 Å². The molecule has 0 spiro atoms. The van der Waals surface area contributed by atoms with Crippen LogP contribution in [-0.2, 0) is 28.6 Å². The maximum Gasteiger partial charge on any atom is 0.306 e. The maximum absolute atomic E-state index is 12.8. The molecule has 0 aliphatic heterocycles. The molecule has 0 heterocycles. The van der Waals surface area contributed by atoms with E-state index in [1.807, 2.05) is 0 Å². The molecular weight excluding hydrogens is 769 g/mol. The average molecular weight is 865 g/mol. The molecule has 0 bridgehead atoms. The van der Waals surface area contributed by atoms with Crippen molar-refractivity contribution in [3.05, 3.63) is 72.9 Å². The molecule has 0 radical (unpaired) electrons. The van der Waals surface area contributed by atoms with E-state index >= 15 is 0 Å². The second kappa shape index (κ2) is 50.5. The van der Waals surface area contributed by atoms with E-state index in [1.165, 1.54) is 103 Å². The van der Waals surface area contributed by atoms with Crippen molar-refractivity contribution in [2.24, 2.45) is 0 Å². The van der Waals surface area contributed by atoms with Crippen molar-refractivity contribution in [3.63, 3.8) is 0 Å². The highest BCUT2D eigenvalue weighted by Gasteiger charge is 2.19. The number of hydrogen-bond acceptors (Lipinski definition) is 6. The Morgan fingerprint density at radius 1 is 0.339 bits per heavy atom. The van der Waals surface area contributed by atoms with E-state index in [9.17, 15) is 14.4 Å². The first-order chi connectivity index (χ1) is 30.5. The van der Waals surface area contributed by atoms with E-state index in [0.717, 1.165) is 103 Å². The van der Waals surface area contributed by atoms with Gasteiger partial charge in [-0.1, -0.05) is 209 Å². The van der Waals surface area contributed by atoms with Gasteiger partial charge in [-0.2, -0.15) is 0 Å². The van der Waals surface area contributed by atoms with Crippen molar-refractivity contribution < 1.29 is 28.6 Å². The molecule has 0 aliphatic carbocycles. The Hall–Kier alpha value is -3.15. The number of allylic oxidation sites excluding steroid dienone is 12. The molecule has 0 rings (SSSR count). The first kappa shape index (κ1) is 58.9. The van der Waals surface area contributed by atoms with E-state index in [4.69, 9.17) is 14.2 Å². The summed E-state index contributed by atoms with van der Waals surface area (Å²) in [6, 6.07) is 0. The van der Waals surface area contributed by atoms with Crippen molar-refractivity contribution in [3.8, 4) is 0 Å². The van der Waals surface area contributed by atoms with Gasteiger partial charge < -0.3 is 14.2 Å². The number of hydrogen-bond donors (Lipinski definition) is 0. The summed E-state index contributed by atoms with van der Waals surface area (Å²) < 4.78 is 16.8. The molecule has 356 valence electrons. The molecule has 0 fully saturated rings. The molecule has 0 aromatic rings. The van der Waals surface area contributed by atoms with Gasteiger partial charge in [-0.05, 0) is 89.9 Å². The average Bonchev–Trinajstić information content (AvgIpc) is 3.27. The summed E-state index contributed by atoms with van der Waals surface area (Å²) in [4.78, 5) is 38.0. The molecule has 62 heavy (non-hydrogen) atoms. The molecule has 6 heteroatoms. The van der Waals surface area contributed by atoms with E-state index in [0.29, 0.717) is 19.3 Å². The van der Waals surface area contributed by atoms with Gasteiger partial charge >= 0.3 is 17.9 Å². The maximum atomic E-state index is 12.8. The number of unbranched alkanes of at least 4 members (excludes halogenated alkanes) is 26. The van der Waals surface area contributed by atoms with Gasteiger partial charge in [0.1, 0.15) is 13.2 Å². The van der Waals surface area contributed by atoms with Crippen LogP contribution in [0, 0.1) is 0 Å². The predicted molar refractivity (Wildman–Crippen MR) is 265 cm³/mol. The zero-order valence-corrected chi connectivity index (χ0v) is 40.6. The first-order valence-corrected chi connectivity index (χ1v) is 26.0. The molecule has 0 saturated heterocycles. The highest BCUT2D eigenvalue weighted by atomic mass is 16.6. The number of esters is 3. The summed E-state index contributed by atoms with van der Waals surface area (Å²) >= 11 is 0. The van der Waals surface area contributed by atoms with Gasteiger partial charge in [0.15, 0.2) is 6.10 Å². The fourth-order valence-electron chi connectivity index (χ4n) is 7.07. The third kappa shape index (κ3) is 47.9. The van der Waals surface area contributed by atoms with Crippen LogP contribution < -0.4 is 0 Å². The van der Waals surface area contributed by atoms with Gasteiger partial charge in [-0.15, -0.1) is 0 Å². The minimum atomic E-state index is -0.793. The van der Waals surface area contributed by atoms with E-state index in [1.54, 1.807) is 0 Å². The molecule has 0 aromatic heterocycles. The Bertz CT molecular complexity index is 1180. The van der Waals surface area contributed by atoms with Crippen LogP contribution in [0.3, 0.4) is 0 Å². The molecule has 0 aliphatic rings. The Balaban J connectivity index is 4.44. The lowest BCUT2D eigenvalue weighted by Gasteiger charge is -2.18. The molecule has 0 N–H and O–H groups in total. The number of ether oxygens (including phenoxy) is 3. The smallest absolute Gasteiger partial charge is 0.306 e. The van der Waals surface area contributed by atoms with Crippen LogP contribution in [0.25, 0.3) is 0 Å². The van der Waals surface area contributed by atoms with E-state index < -0.39 is 6.10 Å². The lowest BCUT2D eigenvalue weighted by molar-refractivity contribution is -0.167. The van der Waals surface area contributed by atoms with Gasteiger partial charge in [0.2, 0.25) is 0 Å². The summed E-state index contributed by atoms with van der Waals surface area (Å²) in [5.41, 5.74) is 0. The van der Waals surface area contributed by atoms with E-state index in [2.05, 4.69) is 93.7 Å². The summed E-state index contributed by atoms with van der Waals surface area (Å²) in [6.07, 6.45) is 63.1. The monoisotopic (exact) mass is 865 g/mol. The van der Waals surface area contributed by atoms with Crippen molar-refractivity contribution in [2.45, 2.75) is 252 Å². The van der Waals surface area contributed by atoms with Crippen LogP contribution >= 0.6 is 0 Å². The quantitative estimate of drug-likeness (QED) is 0.0199. The van der Waals surface area contributed by atoms with Gasteiger partial charge in [0.05, 0.1) is 0 Å². The Morgan fingerprint density at radius 2 is 0.645 bits per heavy atom. The second-order valence-corrected chi connectivity index (χ2v) is 17.1. The lowest BCUT2D eigenvalue weighted by Crippen LogP contribution is -2.30. The van der Waals surface area contributed by atoms with Crippen LogP contribution in [0.2, 0.25) is 0 Å². The van der Waals surface area contributed by atoms with Gasteiger partial charge in [-0.25, -0.2) is 0 Å². The van der Waals surface area contributed by atoms with Crippen molar-refractivity contribution in [2.75, 3.05) is 13.2 Å².